The van der Waals surface area contributed by atoms with Gasteiger partial charge in [0, 0.05) is 18.2 Å². The molecule has 24 heavy (non-hydrogen) atoms. The van der Waals surface area contributed by atoms with Gasteiger partial charge in [0.25, 0.3) is 5.91 Å². The summed E-state index contributed by atoms with van der Waals surface area (Å²) in [5.41, 5.74) is -0.159. The molecule has 0 radical (unpaired) electrons. The van der Waals surface area contributed by atoms with Crippen LogP contribution in [0.3, 0.4) is 0 Å². The van der Waals surface area contributed by atoms with Gasteiger partial charge >= 0.3 is 5.69 Å². The highest BCUT2D eigenvalue weighted by Crippen LogP contribution is 2.27. The summed E-state index contributed by atoms with van der Waals surface area (Å²) in [6.45, 7) is -0.328. The summed E-state index contributed by atoms with van der Waals surface area (Å²) >= 11 is 0. The summed E-state index contributed by atoms with van der Waals surface area (Å²) in [5.74, 6) is -0.240. The second-order valence-electron chi connectivity index (χ2n) is 5.44. The Labute approximate surface area is 137 Å². The number of rotatable bonds is 4. The Morgan fingerprint density at radius 2 is 2.08 bits per heavy atom. The van der Waals surface area contributed by atoms with E-state index in [-0.39, 0.29) is 24.8 Å². The Morgan fingerprint density at radius 3 is 2.71 bits per heavy atom. The topological polar surface area (TPSA) is 114 Å². The Morgan fingerprint density at radius 1 is 1.33 bits per heavy atom. The van der Waals surface area contributed by atoms with Crippen LogP contribution in [0.2, 0.25) is 0 Å². The molecule has 0 bridgehead atoms. The van der Waals surface area contributed by atoms with E-state index in [1.165, 1.54) is 16.8 Å². The van der Waals surface area contributed by atoms with Crippen molar-refractivity contribution in [2.24, 2.45) is 0 Å². The lowest BCUT2D eigenvalue weighted by Gasteiger charge is -2.14. The Balaban J connectivity index is 1.74. The normalized spacial score (nSPS) is 23.2. The van der Waals surface area contributed by atoms with Crippen LogP contribution < -0.4 is 11.0 Å². The Kier molecular flexibility index (Phi) is 4.70. The number of benzene rings is 1. The molecule has 1 aliphatic heterocycles. The van der Waals surface area contributed by atoms with Gasteiger partial charge in [-0.25, -0.2) is 4.79 Å². The molecule has 0 spiro atoms. The molecule has 1 aromatic heterocycles. The van der Waals surface area contributed by atoms with Gasteiger partial charge in [-0.3, -0.25) is 9.36 Å². The maximum Gasteiger partial charge on any atom is 0.351 e. The lowest BCUT2D eigenvalue weighted by Crippen LogP contribution is -2.28. The fourth-order valence-electron chi connectivity index (χ4n) is 2.53. The van der Waals surface area contributed by atoms with Crippen LogP contribution in [-0.4, -0.2) is 44.5 Å². The summed E-state index contributed by atoms with van der Waals surface area (Å²) < 4.78 is 6.63. The first-order valence-electron chi connectivity index (χ1n) is 7.48. The predicted molar refractivity (Wildman–Crippen MR) is 84.5 cm³/mol. The van der Waals surface area contributed by atoms with Gasteiger partial charge in [-0.1, -0.05) is 18.2 Å². The van der Waals surface area contributed by atoms with Gasteiger partial charge in [0.1, 0.15) is 18.1 Å². The quantitative estimate of drug-likeness (QED) is 0.734. The van der Waals surface area contributed by atoms with Gasteiger partial charge in [0.05, 0.1) is 12.7 Å². The second-order valence-corrected chi connectivity index (χ2v) is 5.44. The van der Waals surface area contributed by atoms with Crippen molar-refractivity contribution >= 4 is 11.7 Å². The maximum atomic E-state index is 12.1. The van der Waals surface area contributed by atoms with Gasteiger partial charge in [0.15, 0.2) is 0 Å². The Bertz CT molecular complexity index is 777. The van der Waals surface area contributed by atoms with E-state index < -0.39 is 24.1 Å². The molecule has 126 valence electrons. The number of aliphatic hydroxyl groups is 2. The van der Waals surface area contributed by atoms with Gasteiger partial charge < -0.3 is 20.3 Å². The number of nitrogens with zero attached hydrogens (tertiary/aromatic N) is 2. The smallest absolute Gasteiger partial charge is 0.351 e. The van der Waals surface area contributed by atoms with E-state index in [2.05, 4.69) is 10.3 Å². The van der Waals surface area contributed by atoms with Crippen LogP contribution in [0.1, 0.15) is 23.0 Å². The predicted octanol–water partition coefficient (Wildman–Crippen LogP) is 0.136. The van der Waals surface area contributed by atoms with E-state index in [1.807, 2.05) is 0 Å². The number of carbonyl (C=O) groups excluding carboxylic acids is 1. The monoisotopic (exact) mass is 331 g/mol. The van der Waals surface area contributed by atoms with Crippen molar-refractivity contribution in [3.63, 3.8) is 0 Å². The molecule has 3 rings (SSSR count). The van der Waals surface area contributed by atoms with E-state index in [9.17, 15) is 14.7 Å². The molecule has 0 unspecified atom stereocenters. The van der Waals surface area contributed by atoms with E-state index >= 15 is 0 Å². The molecule has 8 heteroatoms. The third kappa shape index (κ3) is 3.35. The van der Waals surface area contributed by atoms with Crippen LogP contribution in [0.5, 0.6) is 0 Å². The summed E-state index contributed by atoms with van der Waals surface area (Å²) in [7, 11) is 0. The van der Waals surface area contributed by atoms with Crippen LogP contribution in [0, 0.1) is 0 Å². The minimum absolute atomic E-state index is 0.127. The van der Waals surface area contributed by atoms with Gasteiger partial charge in [-0.15, -0.1) is 0 Å². The number of hydrogen-bond donors (Lipinski definition) is 3. The van der Waals surface area contributed by atoms with E-state index in [4.69, 9.17) is 9.84 Å². The van der Waals surface area contributed by atoms with Crippen LogP contribution in [0.4, 0.5) is 5.82 Å². The van der Waals surface area contributed by atoms with Crippen LogP contribution in [0.25, 0.3) is 0 Å². The standard InChI is InChI=1S/C16H17N3O5/c20-9-12-11(21)8-14(24-12)19-7-6-13(18-16(19)23)17-15(22)10-4-2-1-3-5-10/h1-7,11-12,14,20-21H,8-9H2,(H,17,18,22,23)/t11-,12-,14+/m0/s1. The number of aromatic nitrogens is 2. The molecule has 1 saturated heterocycles. The van der Waals surface area contributed by atoms with Crippen molar-refractivity contribution in [1.82, 2.24) is 9.55 Å². The van der Waals surface area contributed by atoms with E-state index in [0.717, 1.165) is 0 Å². The van der Waals surface area contributed by atoms with Crippen LogP contribution >= 0.6 is 0 Å². The number of amides is 1. The fourth-order valence-corrected chi connectivity index (χ4v) is 2.53. The zero-order valence-corrected chi connectivity index (χ0v) is 12.7. The van der Waals surface area contributed by atoms with Crippen LogP contribution in [-0.2, 0) is 4.74 Å². The molecule has 1 aromatic carbocycles. The number of hydrogen-bond acceptors (Lipinski definition) is 6. The zero-order valence-electron chi connectivity index (χ0n) is 12.7. The average Bonchev–Trinajstić information content (AvgIpc) is 2.96. The number of ether oxygens (including phenoxy) is 1. The second kappa shape index (κ2) is 6.91. The first-order valence-corrected chi connectivity index (χ1v) is 7.48. The molecule has 8 nitrogen and oxygen atoms in total. The van der Waals surface area contributed by atoms with Crippen molar-refractivity contribution < 1.29 is 19.7 Å². The highest BCUT2D eigenvalue weighted by molar-refractivity contribution is 6.03. The van der Waals surface area contributed by atoms with Crippen LogP contribution in [0.15, 0.2) is 47.4 Å². The summed E-state index contributed by atoms with van der Waals surface area (Å²) in [6, 6.07) is 10.1. The molecule has 3 N–H and O–H groups in total. The van der Waals surface area contributed by atoms with E-state index in [0.29, 0.717) is 5.56 Å². The summed E-state index contributed by atoms with van der Waals surface area (Å²) in [5, 5.41) is 21.4. The molecule has 2 heterocycles. The molecule has 1 fully saturated rings. The Hall–Kier alpha value is -2.55. The molecular formula is C16H17N3O5. The maximum absolute atomic E-state index is 12.1. The number of carbonyl (C=O) groups is 1. The minimum atomic E-state index is -0.843. The zero-order chi connectivity index (χ0) is 17.1. The highest BCUT2D eigenvalue weighted by atomic mass is 16.5. The van der Waals surface area contributed by atoms with E-state index in [1.54, 1.807) is 30.3 Å². The molecule has 0 aliphatic carbocycles. The molecule has 1 amide bonds. The van der Waals surface area contributed by atoms with Crippen molar-refractivity contribution in [1.29, 1.82) is 0 Å². The first-order chi connectivity index (χ1) is 11.6. The molecule has 2 aromatic rings. The average molecular weight is 331 g/mol. The third-order valence-corrected chi connectivity index (χ3v) is 3.80. The van der Waals surface area contributed by atoms with Gasteiger partial charge in [-0.05, 0) is 18.2 Å². The first kappa shape index (κ1) is 16.3. The highest BCUT2D eigenvalue weighted by Gasteiger charge is 2.34. The lowest BCUT2D eigenvalue weighted by atomic mass is 10.2. The van der Waals surface area contributed by atoms with Crippen molar-refractivity contribution in [2.75, 3.05) is 11.9 Å². The lowest BCUT2D eigenvalue weighted by molar-refractivity contribution is -0.0458. The van der Waals surface area contributed by atoms with Crippen molar-refractivity contribution in [2.45, 2.75) is 24.9 Å². The molecular weight excluding hydrogens is 314 g/mol. The molecule has 3 atom stereocenters. The number of anilines is 1. The largest absolute Gasteiger partial charge is 0.394 e. The van der Waals surface area contributed by atoms with Crippen molar-refractivity contribution in [3.05, 3.63) is 58.6 Å². The van der Waals surface area contributed by atoms with Gasteiger partial charge in [-0.2, -0.15) is 4.98 Å². The molecule has 1 aliphatic rings. The number of nitrogens with one attached hydrogen (secondary N) is 1. The number of aliphatic hydroxyl groups excluding tert-OH is 2. The summed E-state index contributed by atoms with van der Waals surface area (Å²) in [4.78, 5) is 28.0. The molecule has 0 saturated carbocycles. The van der Waals surface area contributed by atoms with Gasteiger partial charge in [0.2, 0.25) is 0 Å². The van der Waals surface area contributed by atoms with Crippen molar-refractivity contribution in [3.8, 4) is 0 Å². The minimum Gasteiger partial charge on any atom is -0.394 e. The SMILES string of the molecule is O=C(Nc1ccn([C@H]2C[C@H](O)[C@H](CO)O2)c(=O)n1)c1ccccc1. The summed E-state index contributed by atoms with van der Waals surface area (Å²) in [6.07, 6.45) is -0.643. The fraction of sp³-hybridized carbons (Fsp3) is 0.312. The third-order valence-electron chi connectivity index (χ3n) is 3.80.